The summed E-state index contributed by atoms with van der Waals surface area (Å²) in [6.07, 6.45) is 0.124. The molecule has 0 aliphatic heterocycles. The molecule has 0 saturated heterocycles. The quantitative estimate of drug-likeness (QED) is 0.503. The van der Waals surface area contributed by atoms with Crippen LogP contribution in [-0.4, -0.2) is 12.2 Å². The fraction of sp³-hybridized carbons (Fsp3) is 0.130. The van der Waals surface area contributed by atoms with Crippen molar-refractivity contribution in [3.05, 3.63) is 99.7 Å². The van der Waals surface area contributed by atoms with Gasteiger partial charge in [-0.15, -0.1) is 11.3 Å². The topological polar surface area (TPSA) is 29.5 Å². The van der Waals surface area contributed by atoms with E-state index < -0.39 is 6.10 Å². The van der Waals surface area contributed by atoms with E-state index in [9.17, 15) is 5.11 Å². The summed E-state index contributed by atoms with van der Waals surface area (Å²) in [5.41, 5.74) is 3.23. The van der Waals surface area contributed by atoms with Gasteiger partial charge >= 0.3 is 0 Å². The summed E-state index contributed by atoms with van der Waals surface area (Å²) in [6.45, 7) is 0. The van der Waals surface area contributed by atoms with E-state index in [2.05, 4.69) is 30.3 Å². The summed E-state index contributed by atoms with van der Waals surface area (Å²) in [5.74, 6) is 0.881. The summed E-state index contributed by atoms with van der Waals surface area (Å²) in [4.78, 5) is 0.950. The van der Waals surface area contributed by atoms with E-state index in [1.54, 1.807) is 18.4 Å². The smallest absolute Gasteiger partial charge is 0.130 e. The molecule has 3 heteroatoms. The highest BCUT2D eigenvalue weighted by Gasteiger charge is 2.19. The van der Waals surface area contributed by atoms with Gasteiger partial charge in [-0.05, 0) is 39.6 Å². The van der Waals surface area contributed by atoms with Crippen LogP contribution < -0.4 is 4.74 Å². The Balaban J connectivity index is 1.91. The highest BCUT2D eigenvalue weighted by molar-refractivity contribution is 7.10. The van der Waals surface area contributed by atoms with E-state index in [0.717, 1.165) is 38.9 Å². The molecule has 0 aliphatic rings. The molecule has 1 N–H and O–H groups in total. The zero-order chi connectivity index (χ0) is 17.9. The molecular weight excluding hydrogens is 340 g/mol. The first-order valence-electron chi connectivity index (χ1n) is 8.62. The average molecular weight is 360 g/mol. The van der Waals surface area contributed by atoms with E-state index in [-0.39, 0.29) is 0 Å². The van der Waals surface area contributed by atoms with Crippen LogP contribution in [0.3, 0.4) is 0 Å². The Hall–Kier alpha value is -2.62. The number of aliphatic hydroxyl groups excluding tert-OH is 1. The van der Waals surface area contributed by atoms with Crippen molar-refractivity contribution in [2.24, 2.45) is 0 Å². The van der Waals surface area contributed by atoms with Gasteiger partial charge in [0.15, 0.2) is 0 Å². The van der Waals surface area contributed by atoms with Gasteiger partial charge in [-0.3, -0.25) is 0 Å². The molecule has 26 heavy (non-hydrogen) atoms. The predicted octanol–water partition coefficient (Wildman–Crippen LogP) is 5.58. The molecule has 1 atom stereocenters. The molecule has 0 amide bonds. The van der Waals surface area contributed by atoms with Gasteiger partial charge in [0.05, 0.1) is 7.11 Å². The number of hydrogen-bond acceptors (Lipinski definition) is 3. The second kappa shape index (κ2) is 7.32. The number of thiophene rings is 1. The van der Waals surface area contributed by atoms with Gasteiger partial charge < -0.3 is 9.84 Å². The zero-order valence-electron chi connectivity index (χ0n) is 14.6. The maximum absolute atomic E-state index is 11.0. The lowest BCUT2D eigenvalue weighted by atomic mass is 9.92. The summed E-state index contributed by atoms with van der Waals surface area (Å²) in [7, 11) is 1.71. The monoisotopic (exact) mass is 360 g/mol. The maximum Gasteiger partial charge on any atom is 0.130 e. The highest BCUT2D eigenvalue weighted by Crippen LogP contribution is 2.38. The van der Waals surface area contributed by atoms with Crippen molar-refractivity contribution >= 4 is 22.1 Å². The fourth-order valence-electron chi connectivity index (χ4n) is 3.45. The minimum Gasteiger partial charge on any atom is -0.496 e. The number of aliphatic hydroxyl groups is 1. The number of methoxy groups -OCH3 is 1. The second-order valence-electron chi connectivity index (χ2n) is 6.28. The largest absolute Gasteiger partial charge is 0.496 e. The van der Waals surface area contributed by atoms with Gasteiger partial charge in [0.1, 0.15) is 11.9 Å². The van der Waals surface area contributed by atoms with E-state index in [1.807, 2.05) is 47.8 Å². The van der Waals surface area contributed by atoms with Crippen LogP contribution in [0.25, 0.3) is 10.8 Å². The molecule has 2 nitrogen and oxygen atoms in total. The van der Waals surface area contributed by atoms with Crippen molar-refractivity contribution in [1.82, 2.24) is 0 Å². The van der Waals surface area contributed by atoms with E-state index in [0.29, 0.717) is 0 Å². The molecule has 4 rings (SSSR count). The molecule has 1 aromatic heterocycles. The minimum atomic E-state index is -0.639. The van der Waals surface area contributed by atoms with Crippen LogP contribution in [0.15, 0.2) is 78.2 Å². The lowest BCUT2D eigenvalue weighted by Crippen LogP contribution is -2.03. The Morgan fingerprint density at radius 2 is 1.65 bits per heavy atom. The first kappa shape index (κ1) is 16.8. The second-order valence-corrected chi connectivity index (χ2v) is 7.26. The van der Waals surface area contributed by atoms with Gasteiger partial charge in [-0.2, -0.15) is 0 Å². The molecular formula is C23H20O2S. The zero-order valence-corrected chi connectivity index (χ0v) is 15.4. The summed E-state index contributed by atoms with van der Waals surface area (Å²) in [5, 5.41) is 15.1. The Bertz CT molecular complexity index is 1010. The van der Waals surface area contributed by atoms with Crippen LogP contribution in [0.1, 0.15) is 27.7 Å². The molecule has 4 aromatic rings. The summed E-state index contributed by atoms with van der Waals surface area (Å²) < 4.78 is 5.78. The molecule has 0 fully saturated rings. The number of ether oxygens (including phenoxy) is 1. The molecule has 0 saturated carbocycles. The SMILES string of the molecule is COc1c(Cc2ccccc2)cc(C(O)c2cccs2)c2ccccc12. The van der Waals surface area contributed by atoms with Gasteiger partial charge in [0, 0.05) is 16.7 Å². The molecule has 0 spiro atoms. The lowest BCUT2D eigenvalue weighted by molar-refractivity contribution is 0.225. The third-order valence-electron chi connectivity index (χ3n) is 4.65. The highest BCUT2D eigenvalue weighted by atomic mass is 32.1. The molecule has 1 unspecified atom stereocenters. The van der Waals surface area contributed by atoms with E-state index >= 15 is 0 Å². The van der Waals surface area contributed by atoms with Crippen LogP contribution >= 0.6 is 11.3 Å². The van der Waals surface area contributed by atoms with Crippen LogP contribution in [0.2, 0.25) is 0 Å². The molecule has 1 heterocycles. The molecule has 130 valence electrons. The number of benzene rings is 3. The van der Waals surface area contributed by atoms with Crippen LogP contribution in [-0.2, 0) is 6.42 Å². The normalized spacial score (nSPS) is 12.2. The molecule has 0 bridgehead atoms. The third kappa shape index (κ3) is 3.12. The lowest BCUT2D eigenvalue weighted by Gasteiger charge is -2.18. The van der Waals surface area contributed by atoms with Crippen LogP contribution in [0.4, 0.5) is 0 Å². The summed E-state index contributed by atoms with van der Waals surface area (Å²) >= 11 is 1.57. The van der Waals surface area contributed by atoms with Crippen LogP contribution in [0, 0.1) is 0 Å². The van der Waals surface area contributed by atoms with Gasteiger partial charge in [0.25, 0.3) is 0 Å². The van der Waals surface area contributed by atoms with Crippen molar-refractivity contribution in [2.45, 2.75) is 12.5 Å². The Morgan fingerprint density at radius 1 is 0.923 bits per heavy atom. The Kier molecular flexibility index (Phi) is 4.74. The predicted molar refractivity (Wildman–Crippen MR) is 108 cm³/mol. The van der Waals surface area contributed by atoms with Crippen molar-refractivity contribution in [2.75, 3.05) is 7.11 Å². The van der Waals surface area contributed by atoms with Crippen molar-refractivity contribution in [1.29, 1.82) is 0 Å². The van der Waals surface area contributed by atoms with Crippen LogP contribution in [0.5, 0.6) is 5.75 Å². The standard InChI is InChI=1S/C23H20O2S/c1-25-23-17(14-16-8-3-2-4-9-16)15-20(18-10-5-6-11-19(18)23)22(24)21-12-7-13-26-21/h2-13,15,22,24H,14H2,1H3. The number of hydrogen-bond donors (Lipinski definition) is 1. The van der Waals surface area contributed by atoms with Crippen molar-refractivity contribution in [3.8, 4) is 5.75 Å². The van der Waals surface area contributed by atoms with Gasteiger partial charge in [-0.25, -0.2) is 0 Å². The summed E-state index contributed by atoms with van der Waals surface area (Å²) in [6, 6.07) is 24.5. The first-order chi connectivity index (χ1) is 12.8. The molecule has 0 aliphatic carbocycles. The van der Waals surface area contributed by atoms with Crippen molar-refractivity contribution < 1.29 is 9.84 Å². The maximum atomic E-state index is 11.0. The Labute approximate surface area is 157 Å². The van der Waals surface area contributed by atoms with Crippen molar-refractivity contribution in [3.63, 3.8) is 0 Å². The van der Waals surface area contributed by atoms with E-state index in [4.69, 9.17) is 4.74 Å². The number of fused-ring (bicyclic) bond motifs is 1. The molecule has 0 radical (unpaired) electrons. The Morgan fingerprint density at radius 3 is 2.35 bits per heavy atom. The first-order valence-corrected chi connectivity index (χ1v) is 9.50. The van der Waals surface area contributed by atoms with Gasteiger partial charge in [0.2, 0.25) is 0 Å². The number of rotatable bonds is 5. The molecule has 3 aromatic carbocycles. The average Bonchev–Trinajstić information content (AvgIpc) is 3.22. The van der Waals surface area contributed by atoms with Gasteiger partial charge in [-0.1, -0.05) is 60.7 Å². The third-order valence-corrected chi connectivity index (χ3v) is 5.58. The van der Waals surface area contributed by atoms with E-state index in [1.165, 1.54) is 5.56 Å². The fourth-order valence-corrected chi connectivity index (χ4v) is 4.18. The minimum absolute atomic E-state index is 0.639.